The maximum atomic E-state index is 11.5. The van der Waals surface area contributed by atoms with Crippen molar-refractivity contribution in [2.24, 2.45) is 5.92 Å². The molecule has 1 aromatic carbocycles. The van der Waals surface area contributed by atoms with E-state index >= 15 is 0 Å². The first kappa shape index (κ1) is 27.3. The molecule has 12 heteroatoms. The van der Waals surface area contributed by atoms with Crippen LogP contribution >= 0.6 is 24.8 Å². The summed E-state index contributed by atoms with van der Waals surface area (Å²) in [5.41, 5.74) is 1.81. The number of aryl methyl sites for hydroxylation is 1. The summed E-state index contributed by atoms with van der Waals surface area (Å²) in [6.07, 6.45) is 9.50. The topological polar surface area (TPSA) is 118 Å². The van der Waals surface area contributed by atoms with Crippen LogP contribution in [0.1, 0.15) is 56.8 Å². The lowest BCUT2D eigenvalue weighted by atomic mass is 10.0. The van der Waals surface area contributed by atoms with Crippen molar-refractivity contribution in [1.29, 1.82) is 0 Å². The first-order chi connectivity index (χ1) is 17.2. The van der Waals surface area contributed by atoms with Crippen LogP contribution in [0.3, 0.4) is 0 Å². The van der Waals surface area contributed by atoms with Gasteiger partial charge in [0, 0.05) is 31.4 Å². The molecule has 2 N–H and O–H groups in total. The molecule has 2 aliphatic rings. The number of imidazole rings is 1. The largest absolute Gasteiger partial charge is 0.494 e. The summed E-state index contributed by atoms with van der Waals surface area (Å²) in [7, 11) is 0. The number of halogens is 2. The third-order valence-corrected chi connectivity index (χ3v) is 7.53. The number of H-pyrrole nitrogens is 2. The van der Waals surface area contributed by atoms with Crippen molar-refractivity contribution in [3.63, 3.8) is 0 Å². The number of nitrogens with zero attached hydrogens (tertiary/aromatic N) is 6. The van der Waals surface area contributed by atoms with Crippen molar-refractivity contribution in [3.8, 4) is 5.75 Å². The molecule has 6 rings (SSSR count). The molecule has 0 radical (unpaired) electrons. The number of piperidine rings is 1. The number of rotatable bonds is 8. The van der Waals surface area contributed by atoms with Gasteiger partial charge < -0.3 is 14.6 Å². The smallest absolute Gasteiger partial charge is 0.325 e. The predicted molar refractivity (Wildman–Crippen MR) is 147 cm³/mol. The number of hydrogen-bond donors (Lipinski definition) is 2. The molecule has 1 saturated carbocycles. The van der Waals surface area contributed by atoms with Crippen molar-refractivity contribution >= 4 is 46.9 Å². The third-order valence-electron chi connectivity index (χ3n) is 7.53. The van der Waals surface area contributed by atoms with Crippen molar-refractivity contribution in [1.82, 2.24) is 40.1 Å². The van der Waals surface area contributed by atoms with Gasteiger partial charge in [-0.25, -0.2) is 14.5 Å². The first-order valence-corrected chi connectivity index (χ1v) is 12.9. The number of tetrazole rings is 1. The average molecular weight is 550 g/mol. The van der Waals surface area contributed by atoms with Gasteiger partial charge in [0.05, 0.1) is 23.7 Å². The van der Waals surface area contributed by atoms with Crippen molar-refractivity contribution < 1.29 is 4.74 Å². The minimum Gasteiger partial charge on any atom is -0.494 e. The van der Waals surface area contributed by atoms with Crippen molar-refractivity contribution in [2.45, 2.75) is 57.4 Å². The fraction of sp³-hybridized carbons (Fsp3) is 0.560. The fourth-order valence-electron chi connectivity index (χ4n) is 5.68. The number of aromatic nitrogens is 7. The highest BCUT2D eigenvalue weighted by molar-refractivity contribution is 5.90. The zero-order chi connectivity index (χ0) is 23.6. The molecule has 1 aliphatic carbocycles. The zero-order valence-corrected chi connectivity index (χ0v) is 22.4. The molecule has 200 valence electrons. The Morgan fingerprint density at radius 1 is 1.03 bits per heavy atom. The number of aromatic amines is 2. The molecule has 0 spiro atoms. The summed E-state index contributed by atoms with van der Waals surface area (Å²) in [5, 5.41) is 13.5. The monoisotopic (exact) mass is 548 g/mol. The molecule has 4 aromatic rings. The summed E-state index contributed by atoms with van der Waals surface area (Å²) < 4.78 is 8.05. The summed E-state index contributed by atoms with van der Waals surface area (Å²) in [5.74, 6) is 2.64. The second-order valence-corrected chi connectivity index (χ2v) is 9.99. The van der Waals surface area contributed by atoms with Gasteiger partial charge in [-0.15, -0.1) is 29.9 Å². The number of hydrogen-bond acceptors (Lipinski definition) is 7. The lowest BCUT2D eigenvalue weighted by Gasteiger charge is -2.33. The zero-order valence-electron chi connectivity index (χ0n) is 20.8. The Morgan fingerprint density at radius 3 is 2.65 bits per heavy atom. The van der Waals surface area contributed by atoms with Crippen molar-refractivity contribution in [3.05, 3.63) is 40.6 Å². The first-order valence-electron chi connectivity index (χ1n) is 12.9. The summed E-state index contributed by atoms with van der Waals surface area (Å²) >= 11 is 0. The van der Waals surface area contributed by atoms with Gasteiger partial charge in [-0.2, -0.15) is 0 Å². The van der Waals surface area contributed by atoms with E-state index in [4.69, 9.17) is 4.74 Å². The molecule has 4 heterocycles. The van der Waals surface area contributed by atoms with Gasteiger partial charge in [-0.1, -0.05) is 12.8 Å². The fourth-order valence-corrected chi connectivity index (χ4v) is 5.68. The summed E-state index contributed by atoms with van der Waals surface area (Å²) in [4.78, 5) is 24.1. The van der Waals surface area contributed by atoms with Gasteiger partial charge >= 0.3 is 5.69 Å². The molecule has 2 fully saturated rings. The third kappa shape index (κ3) is 6.25. The van der Waals surface area contributed by atoms with Crippen LogP contribution < -0.4 is 10.4 Å². The normalized spacial score (nSPS) is 17.2. The van der Waals surface area contributed by atoms with Crippen LogP contribution in [-0.4, -0.2) is 66.3 Å². The molecule has 0 atom stereocenters. The molecular formula is C25H34Cl2N8O2. The van der Waals surface area contributed by atoms with E-state index in [9.17, 15) is 4.79 Å². The van der Waals surface area contributed by atoms with Crippen LogP contribution in [0.5, 0.6) is 5.75 Å². The van der Waals surface area contributed by atoms with Gasteiger partial charge in [0.2, 0.25) is 0 Å². The lowest BCUT2D eigenvalue weighted by Crippen LogP contribution is -2.38. The van der Waals surface area contributed by atoms with Gasteiger partial charge in [0.15, 0.2) is 11.5 Å². The highest BCUT2D eigenvalue weighted by atomic mass is 35.5. The maximum Gasteiger partial charge on any atom is 0.325 e. The van der Waals surface area contributed by atoms with Crippen molar-refractivity contribution in [2.75, 3.05) is 26.2 Å². The number of ether oxygens (including phenoxy) is 1. The minimum absolute atomic E-state index is 0. The quantitative estimate of drug-likeness (QED) is 0.318. The lowest BCUT2D eigenvalue weighted by molar-refractivity contribution is 0.155. The van der Waals surface area contributed by atoms with E-state index in [-0.39, 0.29) is 30.5 Å². The van der Waals surface area contributed by atoms with E-state index in [1.165, 1.54) is 32.2 Å². The SMILES string of the molecule is Cl.Cl.O=c1[nH]c2cc3cc(OCCCc4nnnn4C4CCN(CC5CCCC5)CC4)ccc3nc2[nH]1. The molecule has 0 bridgehead atoms. The molecule has 37 heavy (non-hydrogen) atoms. The maximum absolute atomic E-state index is 11.5. The van der Waals surface area contributed by atoms with Crippen LogP contribution in [-0.2, 0) is 6.42 Å². The Hall–Kier alpha value is -2.69. The van der Waals surface area contributed by atoms with Gasteiger partial charge in [-0.3, -0.25) is 4.98 Å². The van der Waals surface area contributed by atoms with Gasteiger partial charge in [-0.05, 0) is 72.7 Å². The van der Waals surface area contributed by atoms with Crippen LogP contribution in [0.2, 0.25) is 0 Å². The summed E-state index contributed by atoms with van der Waals surface area (Å²) in [6, 6.07) is 8.08. The van der Waals surface area contributed by atoms with Gasteiger partial charge in [0.1, 0.15) is 5.75 Å². The predicted octanol–water partition coefficient (Wildman–Crippen LogP) is 4.07. The number of benzene rings is 1. The molecular weight excluding hydrogens is 515 g/mol. The highest BCUT2D eigenvalue weighted by Crippen LogP contribution is 2.29. The van der Waals surface area contributed by atoms with E-state index in [1.807, 2.05) is 24.3 Å². The molecule has 0 amide bonds. The van der Waals surface area contributed by atoms with E-state index in [1.54, 1.807) is 0 Å². The van der Waals surface area contributed by atoms with E-state index < -0.39 is 0 Å². The standard InChI is InChI=1S/C25H32N8O2.2ClH/c34-25-27-22-15-18-14-20(7-8-21(18)26-24(22)28-25)35-13-3-6-23-29-30-31-33(23)19-9-11-32(12-10-19)16-17-4-1-2-5-17;;/h7-8,14-15,17,19H,1-6,9-13,16H2,(H2,26,27,28,34);2*1H. The Morgan fingerprint density at radius 2 is 1.84 bits per heavy atom. The second kappa shape index (κ2) is 12.2. The molecule has 3 aromatic heterocycles. The number of likely N-dealkylation sites (tertiary alicyclic amines) is 1. The number of pyridine rings is 1. The van der Waals surface area contributed by atoms with E-state index in [0.29, 0.717) is 23.8 Å². The van der Waals surface area contributed by atoms with E-state index in [2.05, 4.69) is 40.1 Å². The van der Waals surface area contributed by atoms with E-state index in [0.717, 1.165) is 67.2 Å². The Kier molecular flexibility index (Phi) is 9.04. The van der Waals surface area contributed by atoms with Crippen LogP contribution in [0.15, 0.2) is 29.1 Å². The minimum atomic E-state index is -0.253. The molecule has 0 unspecified atom stereocenters. The molecule has 1 aliphatic heterocycles. The van der Waals surface area contributed by atoms with Crippen LogP contribution in [0, 0.1) is 5.92 Å². The molecule has 10 nitrogen and oxygen atoms in total. The Balaban J connectivity index is 0.00000160. The summed E-state index contributed by atoms with van der Waals surface area (Å²) in [6.45, 7) is 4.13. The Bertz CT molecular complexity index is 1360. The van der Waals surface area contributed by atoms with Crippen LogP contribution in [0.4, 0.5) is 0 Å². The number of fused-ring (bicyclic) bond motifs is 2. The highest BCUT2D eigenvalue weighted by Gasteiger charge is 2.26. The second-order valence-electron chi connectivity index (χ2n) is 9.99. The number of nitrogens with one attached hydrogen (secondary N) is 2. The average Bonchev–Trinajstić information content (AvgIpc) is 3.62. The molecule has 1 saturated heterocycles. The Labute approximate surface area is 227 Å². The van der Waals surface area contributed by atoms with Gasteiger partial charge in [0.25, 0.3) is 0 Å². The van der Waals surface area contributed by atoms with Crippen LogP contribution in [0.25, 0.3) is 22.1 Å².